The van der Waals surface area contributed by atoms with E-state index in [1.807, 2.05) is 0 Å². The lowest BCUT2D eigenvalue weighted by molar-refractivity contribution is -0.119. The largest absolute Gasteiger partial charge is 0.387 e. The molecule has 2 rings (SSSR count). The molecule has 0 aromatic rings. The van der Waals surface area contributed by atoms with E-state index in [1.54, 1.807) is 0 Å². The Kier molecular flexibility index (Phi) is 4.78. The fourth-order valence-corrected chi connectivity index (χ4v) is 4.18. The number of rotatable bonds is 3. The second kappa shape index (κ2) is 6.27. The van der Waals surface area contributed by atoms with Crippen molar-refractivity contribution in [3.8, 4) is 0 Å². The van der Waals surface area contributed by atoms with E-state index in [2.05, 4.69) is 10.3 Å². The topological polar surface area (TPSA) is 116 Å². The quantitative estimate of drug-likeness (QED) is 0.652. The summed E-state index contributed by atoms with van der Waals surface area (Å²) in [5.41, 5.74) is -1.43. The Balaban J connectivity index is 2.41. The van der Waals surface area contributed by atoms with Crippen LogP contribution in [0.1, 0.15) is 26.2 Å². The van der Waals surface area contributed by atoms with Crippen molar-refractivity contribution >= 4 is 27.3 Å². The van der Waals surface area contributed by atoms with Gasteiger partial charge in [0.1, 0.15) is 0 Å². The summed E-state index contributed by atoms with van der Waals surface area (Å²) < 4.78 is 25.7. The van der Waals surface area contributed by atoms with Crippen LogP contribution in [0.5, 0.6) is 0 Å². The molecule has 0 bridgehead atoms. The van der Waals surface area contributed by atoms with Gasteiger partial charge in [-0.2, -0.15) is 8.42 Å². The first-order valence-electron chi connectivity index (χ1n) is 6.98. The number of aliphatic hydroxyl groups is 1. The van der Waals surface area contributed by atoms with Crippen LogP contribution in [0, 0.1) is 0 Å². The number of carbonyl (C=O) groups excluding carboxylic acids is 2. The van der Waals surface area contributed by atoms with E-state index in [0.29, 0.717) is 23.7 Å². The highest BCUT2D eigenvalue weighted by Gasteiger charge is 2.44. The lowest BCUT2D eigenvalue weighted by atomic mass is 9.94. The fraction of sp³-hybridized carbons (Fsp3) is 0.615. The second-order valence-corrected chi connectivity index (χ2v) is 7.34. The zero-order valence-electron chi connectivity index (χ0n) is 12.2. The molecule has 0 aromatic heterocycles. The van der Waals surface area contributed by atoms with E-state index in [0.717, 1.165) is 0 Å². The van der Waals surface area contributed by atoms with Gasteiger partial charge in [0, 0.05) is 19.2 Å². The maximum Gasteiger partial charge on any atom is 0.287 e. The molecular formula is C13H19N3O5S. The highest BCUT2D eigenvalue weighted by molar-refractivity contribution is 8.06. The highest BCUT2D eigenvalue weighted by atomic mass is 32.2. The molecule has 122 valence electrons. The number of ketones is 1. The van der Waals surface area contributed by atoms with Gasteiger partial charge in [-0.3, -0.25) is 9.59 Å². The molecule has 2 aliphatic heterocycles. The van der Waals surface area contributed by atoms with Gasteiger partial charge in [0.25, 0.3) is 10.0 Å². The van der Waals surface area contributed by atoms with Crippen molar-refractivity contribution < 1.29 is 23.1 Å². The molecule has 22 heavy (non-hydrogen) atoms. The molecule has 0 radical (unpaired) electrons. The highest BCUT2D eigenvalue weighted by Crippen LogP contribution is 2.25. The number of hydrogen-bond acceptors (Lipinski definition) is 7. The predicted molar refractivity (Wildman–Crippen MR) is 79.5 cm³/mol. The molecule has 0 aromatic carbocycles. The van der Waals surface area contributed by atoms with Crippen molar-refractivity contribution in [3.63, 3.8) is 0 Å². The summed E-state index contributed by atoms with van der Waals surface area (Å²) in [7, 11) is -4.38. The van der Waals surface area contributed by atoms with E-state index in [-0.39, 0.29) is 19.4 Å². The second-order valence-electron chi connectivity index (χ2n) is 5.58. The van der Waals surface area contributed by atoms with Gasteiger partial charge < -0.3 is 10.4 Å². The van der Waals surface area contributed by atoms with E-state index < -0.39 is 32.5 Å². The Morgan fingerprint density at radius 1 is 1.55 bits per heavy atom. The normalized spacial score (nSPS) is 29.6. The Morgan fingerprint density at radius 2 is 2.27 bits per heavy atom. The van der Waals surface area contributed by atoms with Crippen LogP contribution in [0.15, 0.2) is 17.3 Å². The number of aliphatic imine (C=N–C) groups is 1. The van der Waals surface area contributed by atoms with Crippen molar-refractivity contribution in [2.24, 2.45) is 4.99 Å². The third-order valence-corrected chi connectivity index (χ3v) is 5.52. The number of hydrogen-bond donors (Lipinski definition) is 2. The summed E-state index contributed by atoms with van der Waals surface area (Å²) in [5, 5.41) is 12.8. The first-order valence-corrected chi connectivity index (χ1v) is 8.42. The average molecular weight is 329 g/mol. The van der Waals surface area contributed by atoms with Crippen molar-refractivity contribution in [2.45, 2.75) is 37.8 Å². The number of Topliss-reactive ketones (excluding diaryl/α,β-unsaturated/α-hetero) is 1. The van der Waals surface area contributed by atoms with Gasteiger partial charge in [-0.15, -0.1) is 0 Å². The van der Waals surface area contributed by atoms with Crippen LogP contribution < -0.4 is 5.32 Å². The minimum Gasteiger partial charge on any atom is -0.387 e. The number of nitrogens with zero attached hydrogens (tertiary/aromatic N) is 2. The maximum atomic E-state index is 12.6. The lowest BCUT2D eigenvalue weighted by Crippen LogP contribution is -2.57. The molecule has 2 N–H and O–H groups in total. The van der Waals surface area contributed by atoms with Gasteiger partial charge in [0.05, 0.1) is 11.6 Å². The molecule has 8 nitrogen and oxygen atoms in total. The smallest absolute Gasteiger partial charge is 0.287 e. The molecule has 1 unspecified atom stereocenters. The SMILES string of the molecule is C[C@]1(O)CNCCCC1N(C=O)S(=O)(=O)C1=NC=CCC1=O. The molecular weight excluding hydrogens is 310 g/mol. The van der Waals surface area contributed by atoms with Gasteiger partial charge in [-0.1, -0.05) is 6.08 Å². The third-order valence-electron chi connectivity index (χ3n) is 3.80. The molecule has 1 saturated heterocycles. The number of carbonyl (C=O) groups is 2. The van der Waals surface area contributed by atoms with Gasteiger partial charge in [0.2, 0.25) is 11.5 Å². The van der Waals surface area contributed by atoms with Crippen molar-refractivity contribution in [3.05, 3.63) is 12.3 Å². The number of nitrogens with one attached hydrogen (secondary N) is 1. The number of sulfonamides is 1. The summed E-state index contributed by atoms with van der Waals surface area (Å²) in [5.74, 6) is -0.666. The maximum absolute atomic E-state index is 12.6. The molecule has 1 fully saturated rings. The lowest BCUT2D eigenvalue weighted by Gasteiger charge is -2.36. The van der Waals surface area contributed by atoms with Crippen LogP contribution in [0.3, 0.4) is 0 Å². The van der Waals surface area contributed by atoms with Crippen LogP contribution >= 0.6 is 0 Å². The summed E-state index contributed by atoms with van der Waals surface area (Å²) in [6.07, 6.45) is 3.64. The van der Waals surface area contributed by atoms with E-state index in [9.17, 15) is 23.1 Å². The monoisotopic (exact) mass is 329 g/mol. The van der Waals surface area contributed by atoms with E-state index in [1.165, 1.54) is 19.2 Å². The minimum atomic E-state index is -4.38. The van der Waals surface area contributed by atoms with Crippen LogP contribution in [-0.4, -0.2) is 59.8 Å². The Hall–Kier alpha value is -1.58. The zero-order chi connectivity index (χ0) is 16.4. The van der Waals surface area contributed by atoms with Crippen LogP contribution in [-0.2, 0) is 19.6 Å². The summed E-state index contributed by atoms with van der Waals surface area (Å²) in [6.45, 7) is 2.23. The van der Waals surface area contributed by atoms with Crippen molar-refractivity contribution in [2.75, 3.05) is 13.1 Å². The molecule has 1 amide bonds. The summed E-state index contributed by atoms with van der Waals surface area (Å²) >= 11 is 0. The number of allylic oxidation sites excluding steroid dienone is 1. The summed E-state index contributed by atoms with van der Waals surface area (Å²) in [4.78, 5) is 26.8. The van der Waals surface area contributed by atoms with Gasteiger partial charge >= 0.3 is 0 Å². The first-order chi connectivity index (χ1) is 10.3. The number of amides is 1. The molecule has 0 spiro atoms. The van der Waals surface area contributed by atoms with Gasteiger partial charge in [0.15, 0.2) is 5.78 Å². The fourth-order valence-electron chi connectivity index (χ4n) is 2.64. The predicted octanol–water partition coefficient (Wildman–Crippen LogP) is -0.837. The molecule has 2 heterocycles. The van der Waals surface area contributed by atoms with Crippen molar-refractivity contribution in [1.29, 1.82) is 0 Å². The standard InChI is InChI=1S/C13H19N3O5S/c1-13(19)8-14-6-3-5-11(13)16(9-17)22(20,21)12-10(18)4-2-7-15-12/h2,7,9,11,14,19H,3-6,8H2,1H3/t11?,13-/m0/s1. The Morgan fingerprint density at radius 3 is 2.91 bits per heavy atom. The van der Waals surface area contributed by atoms with Gasteiger partial charge in [-0.05, 0) is 26.3 Å². The van der Waals surface area contributed by atoms with E-state index in [4.69, 9.17) is 0 Å². The average Bonchev–Trinajstić information content (AvgIpc) is 2.61. The summed E-state index contributed by atoms with van der Waals surface area (Å²) in [6, 6.07) is -0.952. The van der Waals surface area contributed by atoms with E-state index >= 15 is 0 Å². The van der Waals surface area contributed by atoms with Crippen molar-refractivity contribution in [1.82, 2.24) is 9.62 Å². The Bertz CT molecular complexity index is 624. The molecule has 2 atom stereocenters. The third kappa shape index (κ3) is 3.11. The van der Waals surface area contributed by atoms with Crippen LogP contribution in [0.4, 0.5) is 0 Å². The molecule has 0 aliphatic carbocycles. The first kappa shape index (κ1) is 16.8. The zero-order valence-corrected chi connectivity index (χ0v) is 13.0. The van der Waals surface area contributed by atoms with Gasteiger partial charge in [-0.25, -0.2) is 9.30 Å². The molecule has 9 heteroatoms. The molecule has 0 saturated carbocycles. The number of β-amino-alcohol motifs (C(OH)–C–C–N with tert-alkyl or cyclic N) is 1. The van der Waals surface area contributed by atoms with Crippen LogP contribution in [0.25, 0.3) is 0 Å². The Labute approximate surface area is 129 Å². The van der Waals surface area contributed by atoms with Crippen LogP contribution in [0.2, 0.25) is 0 Å². The molecule has 2 aliphatic rings. The minimum absolute atomic E-state index is 0.0760.